The molecule has 0 radical (unpaired) electrons. The Bertz CT molecular complexity index is 590. The predicted octanol–water partition coefficient (Wildman–Crippen LogP) is 3.52. The second kappa shape index (κ2) is 6.01. The zero-order valence-electron chi connectivity index (χ0n) is 11.5. The van der Waals surface area contributed by atoms with Gasteiger partial charge in [0, 0.05) is 23.7 Å². The Hall–Kier alpha value is -1.94. The van der Waals surface area contributed by atoms with Gasteiger partial charge in [0.15, 0.2) is 0 Å². The lowest BCUT2D eigenvalue weighted by molar-refractivity contribution is 0.403. The molecule has 0 bridgehead atoms. The van der Waals surface area contributed by atoms with Crippen molar-refractivity contribution in [1.29, 1.82) is 0 Å². The summed E-state index contributed by atoms with van der Waals surface area (Å²) in [4.78, 5) is 0. The maximum absolute atomic E-state index is 14.0. The average molecular weight is 277 g/mol. The molecule has 0 amide bonds. The number of methoxy groups -OCH3 is 1. The molecular formula is C16H17F2NO. The van der Waals surface area contributed by atoms with Gasteiger partial charge in [0.05, 0.1) is 7.11 Å². The fourth-order valence-electron chi connectivity index (χ4n) is 2.21. The van der Waals surface area contributed by atoms with Gasteiger partial charge in [0.25, 0.3) is 0 Å². The molecule has 1 unspecified atom stereocenters. The first-order chi connectivity index (χ1) is 9.52. The maximum Gasteiger partial charge on any atom is 0.134 e. The molecule has 0 fully saturated rings. The Morgan fingerprint density at radius 2 is 1.75 bits per heavy atom. The SMILES string of the molecule is COc1cc(F)c(C(N)Cc2ccccc2C)c(F)c1. The van der Waals surface area contributed by atoms with Crippen molar-refractivity contribution >= 4 is 0 Å². The predicted molar refractivity (Wildman–Crippen MR) is 74.7 cm³/mol. The topological polar surface area (TPSA) is 35.2 Å². The largest absolute Gasteiger partial charge is 0.497 e. The van der Waals surface area contributed by atoms with Crippen molar-refractivity contribution in [3.63, 3.8) is 0 Å². The number of halogens is 2. The average Bonchev–Trinajstić information content (AvgIpc) is 2.40. The lowest BCUT2D eigenvalue weighted by Gasteiger charge is -2.16. The summed E-state index contributed by atoms with van der Waals surface area (Å²) in [6.07, 6.45) is 0.382. The van der Waals surface area contributed by atoms with Crippen LogP contribution >= 0.6 is 0 Å². The van der Waals surface area contributed by atoms with E-state index in [1.54, 1.807) is 0 Å². The van der Waals surface area contributed by atoms with Gasteiger partial charge in [-0.3, -0.25) is 0 Å². The number of rotatable bonds is 4. The Balaban J connectivity index is 2.30. The second-order valence-electron chi connectivity index (χ2n) is 4.74. The van der Waals surface area contributed by atoms with Gasteiger partial charge in [-0.1, -0.05) is 24.3 Å². The molecule has 0 saturated carbocycles. The molecule has 0 aliphatic heterocycles. The minimum Gasteiger partial charge on any atom is -0.497 e. The van der Waals surface area contributed by atoms with Gasteiger partial charge in [0.1, 0.15) is 17.4 Å². The van der Waals surface area contributed by atoms with E-state index in [1.165, 1.54) is 7.11 Å². The van der Waals surface area contributed by atoms with Crippen LogP contribution in [0.15, 0.2) is 36.4 Å². The van der Waals surface area contributed by atoms with Crippen LogP contribution in [0.3, 0.4) is 0 Å². The highest BCUT2D eigenvalue weighted by Gasteiger charge is 2.19. The van der Waals surface area contributed by atoms with Crippen LogP contribution in [-0.4, -0.2) is 7.11 Å². The fraction of sp³-hybridized carbons (Fsp3) is 0.250. The van der Waals surface area contributed by atoms with Crippen molar-refractivity contribution in [2.75, 3.05) is 7.11 Å². The molecule has 0 aromatic heterocycles. The Kier molecular flexibility index (Phi) is 4.35. The molecule has 0 aliphatic carbocycles. The number of hydrogen-bond donors (Lipinski definition) is 1. The molecule has 0 saturated heterocycles. The summed E-state index contributed by atoms with van der Waals surface area (Å²) < 4.78 is 32.7. The van der Waals surface area contributed by atoms with Crippen molar-refractivity contribution in [3.8, 4) is 5.75 Å². The van der Waals surface area contributed by atoms with Crippen LogP contribution in [0.4, 0.5) is 8.78 Å². The van der Waals surface area contributed by atoms with E-state index >= 15 is 0 Å². The van der Waals surface area contributed by atoms with Gasteiger partial charge >= 0.3 is 0 Å². The van der Waals surface area contributed by atoms with Gasteiger partial charge in [-0.2, -0.15) is 0 Å². The summed E-state index contributed by atoms with van der Waals surface area (Å²) in [6.45, 7) is 1.95. The lowest BCUT2D eigenvalue weighted by Crippen LogP contribution is -2.17. The van der Waals surface area contributed by atoms with Crippen LogP contribution in [0.25, 0.3) is 0 Å². The summed E-state index contributed by atoms with van der Waals surface area (Å²) in [7, 11) is 1.36. The molecule has 2 rings (SSSR count). The van der Waals surface area contributed by atoms with E-state index in [9.17, 15) is 8.78 Å². The van der Waals surface area contributed by atoms with E-state index in [0.29, 0.717) is 6.42 Å². The molecular weight excluding hydrogens is 260 g/mol. The molecule has 20 heavy (non-hydrogen) atoms. The highest BCUT2D eigenvalue weighted by molar-refractivity contribution is 5.34. The maximum atomic E-state index is 14.0. The lowest BCUT2D eigenvalue weighted by atomic mass is 9.96. The van der Waals surface area contributed by atoms with Crippen LogP contribution in [-0.2, 0) is 6.42 Å². The van der Waals surface area contributed by atoms with Gasteiger partial charge in [0.2, 0.25) is 0 Å². The fourth-order valence-corrected chi connectivity index (χ4v) is 2.21. The first kappa shape index (κ1) is 14.5. The summed E-state index contributed by atoms with van der Waals surface area (Å²) in [5.41, 5.74) is 7.90. The third-order valence-corrected chi connectivity index (χ3v) is 3.36. The molecule has 0 aliphatic rings. The summed E-state index contributed by atoms with van der Waals surface area (Å²) in [5.74, 6) is -1.21. The molecule has 2 aromatic rings. The molecule has 106 valence electrons. The smallest absolute Gasteiger partial charge is 0.134 e. The van der Waals surface area contributed by atoms with Crippen LogP contribution in [0.2, 0.25) is 0 Å². The van der Waals surface area contributed by atoms with E-state index < -0.39 is 17.7 Å². The van der Waals surface area contributed by atoms with E-state index in [0.717, 1.165) is 23.3 Å². The summed E-state index contributed by atoms with van der Waals surface area (Å²) in [6, 6.07) is 9.22. The van der Waals surface area contributed by atoms with Crippen molar-refractivity contribution in [2.24, 2.45) is 5.73 Å². The normalized spacial score (nSPS) is 12.2. The zero-order chi connectivity index (χ0) is 14.7. The molecule has 2 N–H and O–H groups in total. The quantitative estimate of drug-likeness (QED) is 0.928. The number of aryl methyl sites for hydroxylation is 1. The number of nitrogens with two attached hydrogens (primary N) is 1. The second-order valence-corrected chi connectivity index (χ2v) is 4.74. The summed E-state index contributed by atoms with van der Waals surface area (Å²) in [5, 5.41) is 0. The molecule has 4 heteroatoms. The van der Waals surface area contributed by atoms with Gasteiger partial charge in [-0.25, -0.2) is 8.78 Å². The summed E-state index contributed by atoms with van der Waals surface area (Å²) >= 11 is 0. The molecule has 0 spiro atoms. The van der Waals surface area contributed by atoms with Gasteiger partial charge in [-0.15, -0.1) is 0 Å². The van der Waals surface area contributed by atoms with Gasteiger partial charge < -0.3 is 10.5 Å². The Morgan fingerprint density at radius 3 is 2.30 bits per heavy atom. The molecule has 0 heterocycles. The highest BCUT2D eigenvalue weighted by atomic mass is 19.1. The standard InChI is InChI=1S/C16H17F2NO/c1-10-5-3-4-6-11(10)7-15(19)16-13(17)8-12(20-2)9-14(16)18/h3-6,8-9,15H,7,19H2,1-2H3. The van der Waals surface area contributed by atoms with E-state index in [-0.39, 0.29) is 11.3 Å². The van der Waals surface area contributed by atoms with E-state index in [2.05, 4.69) is 0 Å². The van der Waals surface area contributed by atoms with Crippen molar-refractivity contribution in [1.82, 2.24) is 0 Å². The first-order valence-corrected chi connectivity index (χ1v) is 6.36. The van der Waals surface area contributed by atoms with Crippen molar-refractivity contribution < 1.29 is 13.5 Å². The van der Waals surface area contributed by atoms with E-state index in [1.807, 2.05) is 31.2 Å². The number of ether oxygens (including phenoxy) is 1. The van der Waals surface area contributed by atoms with Crippen molar-refractivity contribution in [3.05, 3.63) is 64.7 Å². The Labute approximate surface area is 117 Å². The third kappa shape index (κ3) is 2.96. The van der Waals surface area contributed by atoms with Gasteiger partial charge in [-0.05, 0) is 24.5 Å². The molecule has 1 atom stereocenters. The van der Waals surface area contributed by atoms with Crippen LogP contribution in [0.5, 0.6) is 5.75 Å². The number of benzene rings is 2. The van der Waals surface area contributed by atoms with Crippen LogP contribution in [0.1, 0.15) is 22.7 Å². The minimum atomic E-state index is -0.734. The van der Waals surface area contributed by atoms with E-state index in [4.69, 9.17) is 10.5 Å². The molecule has 2 nitrogen and oxygen atoms in total. The monoisotopic (exact) mass is 277 g/mol. The number of hydrogen-bond acceptors (Lipinski definition) is 2. The third-order valence-electron chi connectivity index (χ3n) is 3.36. The van der Waals surface area contributed by atoms with Crippen LogP contribution in [0, 0.1) is 18.6 Å². The highest BCUT2D eigenvalue weighted by Crippen LogP contribution is 2.27. The Morgan fingerprint density at radius 1 is 1.15 bits per heavy atom. The van der Waals surface area contributed by atoms with Crippen molar-refractivity contribution in [2.45, 2.75) is 19.4 Å². The zero-order valence-corrected chi connectivity index (χ0v) is 11.5. The van der Waals surface area contributed by atoms with Crippen LogP contribution < -0.4 is 10.5 Å². The molecule has 2 aromatic carbocycles. The first-order valence-electron chi connectivity index (χ1n) is 6.36. The minimum absolute atomic E-state index is 0.103.